The van der Waals surface area contributed by atoms with Gasteiger partial charge in [0, 0.05) is 50.6 Å². The van der Waals surface area contributed by atoms with Gasteiger partial charge in [0.1, 0.15) is 11.5 Å². The number of nitrogens with zero attached hydrogens (tertiary/aromatic N) is 7. The number of hydrogen-bond donors (Lipinski definition) is 1. The number of hydrogen-bond acceptors (Lipinski definition) is 6. The van der Waals surface area contributed by atoms with Gasteiger partial charge in [-0.15, -0.1) is 0 Å². The lowest BCUT2D eigenvalue weighted by Crippen LogP contribution is -2.26. The lowest BCUT2D eigenvalue weighted by Gasteiger charge is -2.29. The normalized spacial score (nSPS) is 19.3. The first-order chi connectivity index (χ1) is 14.6. The first-order valence-electron chi connectivity index (χ1n) is 10.3. The van der Waals surface area contributed by atoms with Gasteiger partial charge in [-0.3, -0.25) is 14.0 Å². The van der Waals surface area contributed by atoms with E-state index >= 15 is 0 Å². The first kappa shape index (κ1) is 18.7. The van der Waals surface area contributed by atoms with Crippen LogP contribution in [0.15, 0.2) is 37.1 Å². The minimum absolute atomic E-state index is 0.222. The second kappa shape index (κ2) is 7.47. The Labute approximate surface area is 174 Å². The molecule has 1 N–H and O–H groups in total. The van der Waals surface area contributed by atoms with E-state index in [1.807, 2.05) is 45.9 Å². The average molecular weight is 406 g/mol. The highest BCUT2D eigenvalue weighted by Crippen LogP contribution is 2.36. The zero-order valence-electron chi connectivity index (χ0n) is 17.5. The maximum Gasteiger partial charge on any atom is 0.157 e. The van der Waals surface area contributed by atoms with Crippen LogP contribution < -0.4 is 10.1 Å². The first-order valence-corrected chi connectivity index (χ1v) is 10.3. The Kier molecular flexibility index (Phi) is 4.65. The zero-order chi connectivity index (χ0) is 20.7. The van der Waals surface area contributed by atoms with Crippen molar-refractivity contribution in [3.8, 4) is 17.0 Å². The van der Waals surface area contributed by atoms with Crippen LogP contribution in [0.1, 0.15) is 31.7 Å². The Hall–Kier alpha value is -3.36. The molecular formula is C21H26N8O. The van der Waals surface area contributed by atoms with Gasteiger partial charge in [0.25, 0.3) is 0 Å². The van der Waals surface area contributed by atoms with E-state index in [4.69, 9.17) is 9.84 Å². The number of pyridine rings is 1. The van der Waals surface area contributed by atoms with Crippen molar-refractivity contribution in [3.05, 3.63) is 37.1 Å². The summed E-state index contributed by atoms with van der Waals surface area (Å²) >= 11 is 0. The van der Waals surface area contributed by atoms with Gasteiger partial charge in [-0.05, 0) is 25.7 Å². The summed E-state index contributed by atoms with van der Waals surface area (Å²) in [4.78, 5) is 4.52. The molecule has 0 amide bonds. The molecule has 9 nitrogen and oxygen atoms in total. The lowest BCUT2D eigenvalue weighted by atomic mass is 9.93. The monoisotopic (exact) mass is 406 g/mol. The lowest BCUT2D eigenvalue weighted by molar-refractivity contribution is 0.131. The topological polar surface area (TPSA) is 87.6 Å². The summed E-state index contributed by atoms with van der Waals surface area (Å²) in [5, 5.41) is 17.7. The molecule has 0 spiro atoms. The summed E-state index contributed by atoms with van der Waals surface area (Å²) in [6, 6.07) is 2.42. The molecule has 0 atom stereocenters. The molecule has 0 unspecified atom stereocenters. The van der Waals surface area contributed by atoms with Crippen LogP contribution >= 0.6 is 0 Å². The number of ether oxygens (including phenoxy) is 1. The van der Waals surface area contributed by atoms with Gasteiger partial charge < -0.3 is 10.1 Å². The van der Waals surface area contributed by atoms with Crippen molar-refractivity contribution in [2.75, 3.05) is 12.4 Å². The molecule has 30 heavy (non-hydrogen) atoms. The summed E-state index contributed by atoms with van der Waals surface area (Å²) in [5.74, 6) is 1.68. The summed E-state index contributed by atoms with van der Waals surface area (Å²) in [6.45, 7) is 0. The van der Waals surface area contributed by atoms with E-state index in [0.717, 1.165) is 59.4 Å². The van der Waals surface area contributed by atoms with E-state index in [-0.39, 0.29) is 6.10 Å². The predicted octanol–water partition coefficient (Wildman–Crippen LogP) is 3.17. The summed E-state index contributed by atoms with van der Waals surface area (Å²) in [6.07, 6.45) is 13.7. The molecule has 1 saturated carbocycles. The van der Waals surface area contributed by atoms with Crippen LogP contribution in [-0.4, -0.2) is 47.5 Å². The standard InChI is InChI=1S/C21H26N8O/c1-22-20-8-19-18(11-23-20)21(14-9-24-27(2)12-14)26-29(19)15-4-6-16(7-5-15)30-17-10-25-28(3)13-17/h8-13,15-16H,4-7H2,1-3H3,(H,22,23). The Morgan fingerprint density at radius 2 is 1.77 bits per heavy atom. The Morgan fingerprint density at radius 1 is 1.00 bits per heavy atom. The van der Waals surface area contributed by atoms with Crippen molar-refractivity contribution in [1.82, 2.24) is 34.3 Å². The van der Waals surface area contributed by atoms with E-state index in [0.29, 0.717) is 6.04 Å². The number of anilines is 1. The molecule has 0 bridgehead atoms. The number of rotatable bonds is 5. The van der Waals surface area contributed by atoms with Crippen LogP contribution in [0.5, 0.6) is 5.75 Å². The number of nitrogens with one attached hydrogen (secondary N) is 1. The van der Waals surface area contributed by atoms with Crippen LogP contribution in [0.2, 0.25) is 0 Å². The van der Waals surface area contributed by atoms with Gasteiger partial charge in [-0.1, -0.05) is 0 Å². The number of fused-ring (bicyclic) bond motifs is 1. The van der Waals surface area contributed by atoms with E-state index in [2.05, 4.69) is 31.2 Å². The molecule has 9 heteroatoms. The molecule has 0 radical (unpaired) electrons. The predicted molar refractivity (Wildman–Crippen MR) is 114 cm³/mol. The average Bonchev–Trinajstić information content (AvgIpc) is 3.46. The highest BCUT2D eigenvalue weighted by molar-refractivity contribution is 5.93. The second-order valence-corrected chi connectivity index (χ2v) is 7.93. The fraction of sp³-hybridized carbons (Fsp3) is 0.429. The highest BCUT2D eigenvalue weighted by Gasteiger charge is 2.27. The number of aromatic nitrogens is 7. The second-order valence-electron chi connectivity index (χ2n) is 7.93. The maximum absolute atomic E-state index is 6.12. The van der Waals surface area contributed by atoms with E-state index in [1.165, 1.54) is 0 Å². The van der Waals surface area contributed by atoms with Crippen LogP contribution in [0.3, 0.4) is 0 Å². The molecule has 4 aromatic rings. The van der Waals surface area contributed by atoms with Gasteiger partial charge in [0.05, 0.1) is 36.3 Å². The number of aryl methyl sites for hydroxylation is 2. The Bertz CT molecular complexity index is 1170. The molecule has 0 aliphatic heterocycles. The van der Waals surface area contributed by atoms with Crippen LogP contribution in [-0.2, 0) is 14.1 Å². The molecule has 4 aromatic heterocycles. The minimum atomic E-state index is 0.222. The van der Waals surface area contributed by atoms with Crippen molar-refractivity contribution >= 4 is 16.7 Å². The molecule has 0 aromatic carbocycles. The Morgan fingerprint density at radius 3 is 2.43 bits per heavy atom. The molecule has 5 rings (SSSR count). The summed E-state index contributed by atoms with van der Waals surface area (Å²) < 4.78 is 11.9. The van der Waals surface area contributed by atoms with Gasteiger partial charge in [0.2, 0.25) is 0 Å². The molecular weight excluding hydrogens is 380 g/mol. The van der Waals surface area contributed by atoms with E-state index < -0.39 is 0 Å². The van der Waals surface area contributed by atoms with Crippen molar-refractivity contribution in [3.63, 3.8) is 0 Å². The quantitative estimate of drug-likeness (QED) is 0.548. The van der Waals surface area contributed by atoms with E-state index in [9.17, 15) is 0 Å². The van der Waals surface area contributed by atoms with Crippen molar-refractivity contribution in [1.29, 1.82) is 0 Å². The van der Waals surface area contributed by atoms with Gasteiger partial charge in [0.15, 0.2) is 5.75 Å². The van der Waals surface area contributed by atoms with Gasteiger partial charge in [-0.2, -0.15) is 15.3 Å². The third-order valence-electron chi connectivity index (χ3n) is 5.80. The van der Waals surface area contributed by atoms with Crippen molar-refractivity contribution < 1.29 is 4.74 Å². The third kappa shape index (κ3) is 3.40. The van der Waals surface area contributed by atoms with Crippen molar-refractivity contribution in [2.24, 2.45) is 14.1 Å². The van der Waals surface area contributed by atoms with Gasteiger partial charge in [-0.25, -0.2) is 4.98 Å². The minimum Gasteiger partial charge on any atom is -0.487 e. The molecule has 4 heterocycles. The Balaban J connectivity index is 1.42. The van der Waals surface area contributed by atoms with Crippen molar-refractivity contribution in [2.45, 2.75) is 37.8 Å². The van der Waals surface area contributed by atoms with E-state index in [1.54, 1.807) is 15.6 Å². The summed E-state index contributed by atoms with van der Waals surface area (Å²) in [5.41, 5.74) is 3.04. The largest absolute Gasteiger partial charge is 0.487 e. The fourth-order valence-corrected chi connectivity index (χ4v) is 4.26. The molecule has 1 aliphatic rings. The fourth-order valence-electron chi connectivity index (χ4n) is 4.26. The van der Waals surface area contributed by atoms with Crippen LogP contribution in [0.4, 0.5) is 5.82 Å². The molecule has 0 saturated heterocycles. The van der Waals surface area contributed by atoms with Crippen LogP contribution in [0.25, 0.3) is 22.2 Å². The zero-order valence-corrected chi connectivity index (χ0v) is 17.5. The molecule has 1 fully saturated rings. The third-order valence-corrected chi connectivity index (χ3v) is 5.80. The molecule has 1 aliphatic carbocycles. The SMILES string of the molecule is CNc1cc2c(cn1)c(-c1cnn(C)c1)nn2C1CCC(Oc2cnn(C)c2)CC1. The van der Waals surface area contributed by atoms with Gasteiger partial charge >= 0.3 is 0 Å². The highest BCUT2D eigenvalue weighted by atomic mass is 16.5. The smallest absolute Gasteiger partial charge is 0.157 e. The van der Waals surface area contributed by atoms with Crippen LogP contribution in [0, 0.1) is 0 Å². The molecule has 156 valence electrons. The summed E-state index contributed by atoms with van der Waals surface area (Å²) in [7, 11) is 5.71. The maximum atomic E-state index is 6.12.